The van der Waals surface area contributed by atoms with Crippen molar-refractivity contribution in [2.24, 2.45) is 0 Å². The number of carbonyl (C=O) groups is 2. The van der Waals surface area contributed by atoms with Crippen LogP contribution in [0.2, 0.25) is 0 Å². The molecule has 2 unspecified atom stereocenters. The molecule has 1 aromatic heterocycles. The molecule has 1 N–H and O–H groups in total. The number of methoxy groups -OCH3 is 1. The number of nitrogens with zero attached hydrogens (tertiary/aromatic N) is 4. The molecule has 3 aromatic carbocycles. The van der Waals surface area contributed by atoms with Gasteiger partial charge in [-0.3, -0.25) is 14.9 Å². The fourth-order valence-electron chi connectivity index (χ4n) is 6.21. The van der Waals surface area contributed by atoms with E-state index < -0.39 is 22.7 Å². The SMILES string of the molecule is COCCCn1c(C2CCCN(C(=O)CC(Cc3ccc4ccccc4c3)NC(=O)OC(C)(C)C)C2)nc2ccc([N+](=O)[O-])cc21. The molecule has 244 valence electrons. The number of amides is 2. The maximum atomic E-state index is 13.9. The third kappa shape index (κ3) is 8.20. The minimum atomic E-state index is -0.670. The molecule has 1 fully saturated rings. The normalized spacial score (nSPS) is 16.0. The molecule has 2 amide bonds. The lowest BCUT2D eigenvalue weighted by molar-refractivity contribution is -0.384. The number of benzene rings is 3. The molecule has 46 heavy (non-hydrogen) atoms. The Morgan fingerprint density at radius 2 is 1.89 bits per heavy atom. The monoisotopic (exact) mass is 629 g/mol. The van der Waals surface area contributed by atoms with Gasteiger partial charge >= 0.3 is 6.09 Å². The third-order valence-corrected chi connectivity index (χ3v) is 8.28. The largest absolute Gasteiger partial charge is 0.444 e. The molecular weight excluding hydrogens is 586 g/mol. The smallest absolute Gasteiger partial charge is 0.407 e. The predicted molar refractivity (Wildman–Crippen MR) is 177 cm³/mol. The quantitative estimate of drug-likeness (QED) is 0.116. The van der Waals surface area contributed by atoms with Gasteiger partial charge in [0.05, 0.1) is 16.0 Å². The summed E-state index contributed by atoms with van der Waals surface area (Å²) in [7, 11) is 1.65. The molecule has 5 rings (SSSR count). The number of ether oxygens (including phenoxy) is 2. The van der Waals surface area contributed by atoms with Crippen molar-refractivity contribution in [3.63, 3.8) is 0 Å². The molecule has 1 aliphatic rings. The Hall–Kier alpha value is -4.51. The number of alkyl carbamates (subject to hydrolysis) is 1. The van der Waals surface area contributed by atoms with E-state index in [-0.39, 0.29) is 23.9 Å². The van der Waals surface area contributed by atoms with Crippen LogP contribution in [0.3, 0.4) is 0 Å². The van der Waals surface area contributed by atoms with E-state index >= 15 is 0 Å². The Kier molecular flexibility index (Phi) is 10.2. The number of likely N-dealkylation sites (tertiary alicyclic amines) is 1. The fraction of sp³-hybridized carbons (Fsp3) is 0.457. The second kappa shape index (κ2) is 14.3. The average Bonchev–Trinajstić information content (AvgIpc) is 3.38. The van der Waals surface area contributed by atoms with Gasteiger partial charge in [0.25, 0.3) is 5.69 Å². The first-order chi connectivity index (χ1) is 22.0. The second-order valence-corrected chi connectivity index (χ2v) is 13.0. The number of hydrogen-bond acceptors (Lipinski definition) is 7. The summed E-state index contributed by atoms with van der Waals surface area (Å²) < 4.78 is 12.9. The third-order valence-electron chi connectivity index (χ3n) is 8.28. The number of rotatable bonds is 11. The molecule has 1 aliphatic heterocycles. The van der Waals surface area contributed by atoms with Crippen molar-refractivity contribution in [1.29, 1.82) is 0 Å². The van der Waals surface area contributed by atoms with Crippen molar-refractivity contribution in [3.8, 4) is 0 Å². The number of imidazole rings is 1. The van der Waals surface area contributed by atoms with Crippen LogP contribution in [0.15, 0.2) is 60.7 Å². The summed E-state index contributed by atoms with van der Waals surface area (Å²) >= 11 is 0. The highest BCUT2D eigenvalue weighted by atomic mass is 16.6. The van der Waals surface area contributed by atoms with Crippen molar-refractivity contribution >= 4 is 39.5 Å². The van der Waals surface area contributed by atoms with Crippen LogP contribution >= 0.6 is 0 Å². The average molecular weight is 630 g/mol. The lowest BCUT2D eigenvalue weighted by atomic mass is 9.95. The van der Waals surface area contributed by atoms with E-state index in [1.807, 2.05) is 48.4 Å². The summed E-state index contributed by atoms with van der Waals surface area (Å²) in [5.41, 5.74) is 1.76. The highest BCUT2D eigenvalue weighted by Crippen LogP contribution is 2.32. The number of aryl methyl sites for hydroxylation is 1. The number of carbonyl (C=O) groups excluding carboxylic acids is 2. The van der Waals surface area contributed by atoms with E-state index in [1.165, 1.54) is 6.07 Å². The Balaban J connectivity index is 1.35. The lowest BCUT2D eigenvalue weighted by Crippen LogP contribution is -2.46. The summed E-state index contributed by atoms with van der Waals surface area (Å²) in [4.78, 5) is 44.6. The summed E-state index contributed by atoms with van der Waals surface area (Å²) in [6.45, 7) is 7.66. The lowest BCUT2D eigenvalue weighted by Gasteiger charge is -2.34. The van der Waals surface area contributed by atoms with Crippen LogP contribution in [0.5, 0.6) is 0 Å². The highest BCUT2D eigenvalue weighted by molar-refractivity contribution is 5.83. The summed E-state index contributed by atoms with van der Waals surface area (Å²) in [5.74, 6) is 0.734. The van der Waals surface area contributed by atoms with Crippen LogP contribution in [0.1, 0.15) is 63.8 Å². The van der Waals surface area contributed by atoms with Crippen LogP contribution in [0.4, 0.5) is 10.5 Å². The number of hydrogen-bond donors (Lipinski definition) is 1. The van der Waals surface area contributed by atoms with Gasteiger partial charge in [-0.15, -0.1) is 0 Å². The second-order valence-electron chi connectivity index (χ2n) is 13.0. The van der Waals surface area contributed by atoms with Gasteiger partial charge < -0.3 is 24.3 Å². The predicted octanol–water partition coefficient (Wildman–Crippen LogP) is 6.37. The minimum absolute atomic E-state index is 0.0160. The van der Waals surface area contributed by atoms with Crippen molar-refractivity contribution in [1.82, 2.24) is 19.8 Å². The zero-order valence-corrected chi connectivity index (χ0v) is 27.0. The van der Waals surface area contributed by atoms with Gasteiger partial charge in [0.2, 0.25) is 5.91 Å². The molecule has 1 saturated heterocycles. The minimum Gasteiger partial charge on any atom is -0.444 e. The molecule has 11 nitrogen and oxygen atoms in total. The first-order valence-corrected chi connectivity index (χ1v) is 15.9. The van der Waals surface area contributed by atoms with E-state index in [0.29, 0.717) is 43.7 Å². The van der Waals surface area contributed by atoms with Gasteiger partial charge in [0.15, 0.2) is 0 Å². The van der Waals surface area contributed by atoms with Crippen LogP contribution < -0.4 is 5.32 Å². The standard InChI is InChI=1S/C35H43N5O6/c1-35(2,3)46-34(42)36-28(20-24-12-13-25-9-5-6-10-26(25)19-24)21-32(41)38-16-7-11-27(23-38)33-37-30-15-14-29(40(43)44)22-31(30)39(33)17-8-18-45-4/h5-6,9-10,12-15,19,22,27-28H,7-8,11,16-18,20-21,23H2,1-4H3,(H,36,42). The van der Waals surface area contributed by atoms with E-state index in [2.05, 4.69) is 29.6 Å². The van der Waals surface area contributed by atoms with E-state index in [0.717, 1.165) is 41.4 Å². The zero-order valence-electron chi connectivity index (χ0n) is 27.0. The Bertz CT molecular complexity index is 1710. The van der Waals surface area contributed by atoms with E-state index in [9.17, 15) is 19.7 Å². The first-order valence-electron chi connectivity index (χ1n) is 15.9. The molecule has 2 heterocycles. The molecule has 0 saturated carbocycles. The maximum Gasteiger partial charge on any atom is 0.407 e. The number of nitro benzene ring substituents is 1. The maximum absolute atomic E-state index is 13.9. The van der Waals surface area contributed by atoms with Crippen molar-refractivity contribution in [2.75, 3.05) is 26.8 Å². The van der Waals surface area contributed by atoms with Crippen LogP contribution in [0.25, 0.3) is 21.8 Å². The Morgan fingerprint density at radius 1 is 1.11 bits per heavy atom. The number of piperidine rings is 1. The van der Waals surface area contributed by atoms with Crippen LogP contribution in [-0.2, 0) is 27.2 Å². The van der Waals surface area contributed by atoms with Crippen LogP contribution in [0, 0.1) is 10.1 Å². The van der Waals surface area contributed by atoms with Crippen molar-refractivity contribution < 1.29 is 24.0 Å². The van der Waals surface area contributed by atoms with E-state index in [1.54, 1.807) is 19.2 Å². The van der Waals surface area contributed by atoms with E-state index in [4.69, 9.17) is 14.5 Å². The number of nitrogens with one attached hydrogen (secondary N) is 1. The zero-order chi connectivity index (χ0) is 32.8. The summed E-state index contributed by atoms with van der Waals surface area (Å²) in [6, 6.07) is 18.5. The Labute approximate surface area is 269 Å². The topological polar surface area (TPSA) is 129 Å². The summed E-state index contributed by atoms with van der Waals surface area (Å²) in [6.07, 6.45) is 2.40. The molecule has 0 aliphatic carbocycles. The highest BCUT2D eigenvalue weighted by Gasteiger charge is 2.31. The molecule has 2 atom stereocenters. The molecule has 11 heteroatoms. The molecular formula is C35H43N5O6. The number of fused-ring (bicyclic) bond motifs is 2. The van der Waals surface area contributed by atoms with Gasteiger partial charge in [0.1, 0.15) is 11.4 Å². The molecule has 0 radical (unpaired) electrons. The number of aromatic nitrogens is 2. The van der Waals surface area contributed by atoms with Gasteiger partial charge in [-0.05, 0) is 68.9 Å². The number of non-ortho nitro benzene ring substituents is 1. The van der Waals surface area contributed by atoms with Gasteiger partial charge in [-0.2, -0.15) is 0 Å². The van der Waals surface area contributed by atoms with Gasteiger partial charge in [-0.25, -0.2) is 9.78 Å². The first kappa shape index (κ1) is 32.9. The Morgan fingerprint density at radius 3 is 2.63 bits per heavy atom. The van der Waals surface area contributed by atoms with Gasteiger partial charge in [0, 0.05) is 63.9 Å². The number of nitro groups is 1. The van der Waals surface area contributed by atoms with Crippen LogP contribution in [-0.4, -0.2) is 69.8 Å². The van der Waals surface area contributed by atoms with Crippen molar-refractivity contribution in [2.45, 2.75) is 77.0 Å². The molecule has 0 bridgehead atoms. The molecule has 4 aromatic rings. The summed E-state index contributed by atoms with van der Waals surface area (Å²) in [5, 5.41) is 16.7. The fourth-order valence-corrected chi connectivity index (χ4v) is 6.21. The van der Waals surface area contributed by atoms with Crippen molar-refractivity contribution in [3.05, 3.63) is 82.2 Å². The molecule has 0 spiro atoms. The van der Waals surface area contributed by atoms with Gasteiger partial charge in [-0.1, -0.05) is 42.5 Å².